The minimum Gasteiger partial charge on any atom is -0.338 e. The molecule has 1 aromatic carbocycles. The molecule has 0 radical (unpaired) electrons. The maximum atomic E-state index is 6.78. The zero-order chi connectivity index (χ0) is 17.4. The molecule has 4 heterocycles. The number of nitrogens with zero attached hydrogens (tertiary/aromatic N) is 2. The fourth-order valence-electron chi connectivity index (χ4n) is 6.29. The molecule has 3 aliphatic heterocycles. The monoisotopic (exact) mass is 409 g/mol. The molecule has 0 spiro atoms. The van der Waals surface area contributed by atoms with E-state index in [1.165, 1.54) is 56.1 Å². The van der Waals surface area contributed by atoms with Gasteiger partial charge in [0, 0.05) is 28.7 Å². The van der Waals surface area contributed by atoms with Crippen molar-refractivity contribution in [1.29, 1.82) is 0 Å². The molecular weight excluding hydrogens is 377 g/mol. The van der Waals surface area contributed by atoms with E-state index in [4.69, 9.17) is 5.73 Å². The van der Waals surface area contributed by atoms with Gasteiger partial charge in [0.15, 0.2) is 0 Å². The second-order valence-corrected chi connectivity index (χ2v) is 9.30. The number of hydrogen-bond acceptors (Lipinski definition) is 2. The molecule has 1 aromatic heterocycles. The Morgan fingerprint density at radius 3 is 2.63 bits per heavy atom. The number of halogens is 2. The Morgan fingerprint density at radius 1 is 1.19 bits per heavy atom. The lowest BCUT2D eigenvalue weighted by atomic mass is 9.61. The average molecular weight is 410 g/mol. The third-order valence-corrected chi connectivity index (χ3v) is 7.51. The Bertz CT molecular complexity index is 838. The summed E-state index contributed by atoms with van der Waals surface area (Å²) in [4.78, 5) is 2.80. The van der Waals surface area contributed by atoms with Crippen LogP contribution in [0.1, 0.15) is 69.8 Å². The fourth-order valence-corrected chi connectivity index (χ4v) is 6.29. The molecule has 0 amide bonds. The number of nitrogens with two attached hydrogens (primary N) is 1. The molecule has 2 N–H and O–H groups in total. The minimum atomic E-state index is -0.206. The third-order valence-electron chi connectivity index (χ3n) is 7.51. The van der Waals surface area contributed by atoms with Crippen LogP contribution >= 0.6 is 24.8 Å². The molecule has 150 valence electrons. The van der Waals surface area contributed by atoms with Gasteiger partial charge < -0.3 is 10.3 Å². The number of fused-ring (bicyclic) bond motifs is 3. The predicted molar refractivity (Wildman–Crippen MR) is 118 cm³/mol. The third kappa shape index (κ3) is 2.77. The number of benzene rings is 1. The van der Waals surface area contributed by atoms with Gasteiger partial charge >= 0.3 is 0 Å². The first-order chi connectivity index (χ1) is 12.0. The lowest BCUT2D eigenvalue weighted by molar-refractivity contribution is -0.0436. The molecule has 3 nitrogen and oxygen atoms in total. The molecule has 3 atom stereocenters. The highest BCUT2D eigenvalue weighted by Crippen LogP contribution is 2.60. The highest BCUT2D eigenvalue weighted by atomic mass is 35.5. The van der Waals surface area contributed by atoms with E-state index in [1.54, 1.807) is 11.3 Å². The SMILES string of the molecule is CC[C@]12CCCN3CCc4c(n(c5ccccc45)C(C(C)(C)N)C1)[C@@H]32.Cl.Cl. The number of aromatic nitrogens is 1. The maximum Gasteiger partial charge on any atom is 0.0561 e. The Labute approximate surface area is 175 Å². The van der Waals surface area contributed by atoms with Gasteiger partial charge in [0.25, 0.3) is 0 Å². The van der Waals surface area contributed by atoms with Crippen LogP contribution in [0.15, 0.2) is 24.3 Å². The Morgan fingerprint density at radius 2 is 1.93 bits per heavy atom. The minimum absolute atomic E-state index is 0. The first kappa shape index (κ1) is 21.0. The summed E-state index contributed by atoms with van der Waals surface area (Å²) < 4.78 is 2.67. The van der Waals surface area contributed by atoms with Gasteiger partial charge in [-0.1, -0.05) is 25.1 Å². The van der Waals surface area contributed by atoms with Crippen LogP contribution < -0.4 is 5.73 Å². The topological polar surface area (TPSA) is 34.2 Å². The van der Waals surface area contributed by atoms with E-state index in [0.29, 0.717) is 17.5 Å². The van der Waals surface area contributed by atoms with Crippen molar-refractivity contribution < 1.29 is 0 Å². The van der Waals surface area contributed by atoms with Crippen LogP contribution in [0, 0.1) is 5.41 Å². The van der Waals surface area contributed by atoms with Crippen molar-refractivity contribution in [2.24, 2.45) is 11.1 Å². The van der Waals surface area contributed by atoms with Crippen LogP contribution in [-0.4, -0.2) is 28.1 Å². The molecule has 0 aliphatic carbocycles. The first-order valence-electron chi connectivity index (χ1n) is 10.1. The number of hydrogen-bond donors (Lipinski definition) is 1. The first-order valence-corrected chi connectivity index (χ1v) is 10.1. The van der Waals surface area contributed by atoms with Crippen molar-refractivity contribution in [3.05, 3.63) is 35.5 Å². The van der Waals surface area contributed by atoms with E-state index in [-0.39, 0.29) is 30.4 Å². The van der Waals surface area contributed by atoms with Gasteiger partial charge in [0.1, 0.15) is 0 Å². The lowest BCUT2D eigenvalue weighted by Gasteiger charge is -2.58. The molecule has 1 unspecified atom stereocenters. The molecule has 2 aromatic rings. The van der Waals surface area contributed by atoms with Gasteiger partial charge in [-0.15, -0.1) is 24.8 Å². The molecule has 27 heavy (non-hydrogen) atoms. The normalized spacial score (nSPS) is 29.6. The molecule has 3 aliphatic rings. The summed E-state index contributed by atoms with van der Waals surface area (Å²) in [6.07, 6.45) is 6.38. The van der Waals surface area contributed by atoms with Crippen molar-refractivity contribution in [3.8, 4) is 0 Å². The predicted octanol–water partition coefficient (Wildman–Crippen LogP) is 5.26. The van der Waals surface area contributed by atoms with Gasteiger partial charge in [-0.2, -0.15) is 0 Å². The molecule has 1 saturated heterocycles. The van der Waals surface area contributed by atoms with Gasteiger partial charge in [-0.25, -0.2) is 0 Å². The zero-order valence-electron chi connectivity index (χ0n) is 16.7. The second kappa shape index (κ2) is 6.95. The van der Waals surface area contributed by atoms with Crippen LogP contribution in [0.4, 0.5) is 0 Å². The summed E-state index contributed by atoms with van der Waals surface area (Å²) in [5, 5.41) is 1.48. The van der Waals surface area contributed by atoms with Crippen molar-refractivity contribution in [3.63, 3.8) is 0 Å². The van der Waals surface area contributed by atoms with E-state index >= 15 is 0 Å². The number of para-hydroxylation sites is 1. The molecule has 0 bridgehead atoms. The van der Waals surface area contributed by atoms with Crippen LogP contribution in [0.25, 0.3) is 10.9 Å². The molecule has 5 rings (SSSR count). The van der Waals surface area contributed by atoms with Crippen LogP contribution in [0.2, 0.25) is 0 Å². The Kier molecular flexibility index (Phi) is 5.40. The van der Waals surface area contributed by atoms with Gasteiger partial charge in [0.05, 0.1) is 12.1 Å². The molecular formula is C22H33Cl2N3. The van der Waals surface area contributed by atoms with Crippen molar-refractivity contribution >= 4 is 35.7 Å². The second-order valence-electron chi connectivity index (χ2n) is 9.30. The number of piperidine rings is 1. The lowest BCUT2D eigenvalue weighted by Crippen LogP contribution is -2.56. The Hall–Kier alpha value is -0.740. The summed E-state index contributed by atoms with van der Waals surface area (Å²) >= 11 is 0. The van der Waals surface area contributed by atoms with Crippen LogP contribution in [0.5, 0.6) is 0 Å². The van der Waals surface area contributed by atoms with Crippen molar-refractivity contribution in [1.82, 2.24) is 9.47 Å². The van der Waals surface area contributed by atoms with E-state index in [9.17, 15) is 0 Å². The summed E-state index contributed by atoms with van der Waals surface area (Å²) in [5.41, 5.74) is 11.6. The van der Waals surface area contributed by atoms with Gasteiger partial charge in [0.2, 0.25) is 0 Å². The molecule has 5 heteroatoms. The van der Waals surface area contributed by atoms with Gasteiger partial charge in [-0.3, -0.25) is 4.90 Å². The Balaban J connectivity index is 0.00000105. The van der Waals surface area contributed by atoms with E-state index in [0.717, 1.165) is 0 Å². The standard InChI is InChI=1S/C22H31N3.2ClH/c1-4-22-11-7-12-24-13-10-16-15-8-5-6-9-17(15)25(19(16)20(22)24)18(14-22)21(2,3)23;;/h5-6,8-9,18,20H,4,7,10-14,23H2,1-3H3;2*1H/t18?,20-,22+;;/m1../s1. The van der Waals surface area contributed by atoms with E-state index in [1.807, 2.05) is 0 Å². The highest BCUT2D eigenvalue weighted by Gasteiger charge is 2.54. The quantitative estimate of drug-likeness (QED) is 0.733. The molecule has 1 fully saturated rings. The van der Waals surface area contributed by atoms with Crippen LogP contribution in [0.3, 0.4) is 0 Å². The summed E-state index contributed by atoms with van der Waals surface area (Å²) in [5.74, 6) is 0. The smallest absolute Gasteiger partial charge is 0.0561 e. The van der Waals surface area contributed by atoms with E-state index < -0.39 is 0 Å². The largest absolute Gasteiger partial charge is 0.338 e. The fraction of sp³-hybridized carbons (Fsp3) is 0.636. The summed E-state index contributed by atoms with van der Waals surface area (Å²) in [7, 11) is 0. The highest BCUT2D eigenvalue weighted by molar-refractivity contribution is 5.87. The maximum absolute atomic E-state index is 6.78. The van der Waals surface area contributed by atoms with Crippen LogP contribution in [-0.2, 0) is 6.42 Å². The van der Waals surface area contributed by atoms with Crippen molar-refractivity contribution in [2.45, 2.75) is 70.5 Å². The average Bonchev–Trinajstić information content (AvgIpc) is 2.94. The van der Waals surface area contributed by atoms with E-state index in [2.05, 4.69) is 54.5 Å². The summed E-state index contributed by atoms with van der Waals surface area (Å²) in [6, 6.07) is 10.0. The summed E-state index contributed by atoms with van der Waals surface area (Å²) in [6.45, 7) is 9.36. The zero-order valence-corrected chi connectivity index (χ0v) is 18.3. The van der Waals surface area contributed by atoms with Gasteiger partial charge in [-0.05, 0) is 69.5 Å². The number of rotatable bonds is 2. The van der Waals surface area contributed by atoms with Crippen molar-refractivity contribution in [2.75, 3.05) is 13.1 Å². The molecule has 0 saturated carbocycles.